The van der Waals surface area contributed by atoms with E-state index in [1.165, 1.54) is 11.3 Å². The Morgan fingerprint density at radius 3 is 2.60 bits per heavy atom. The van der Waals surface area contributed by atoms with Gasteiger partial charge >= 0.3 is 0 Å². The van der Waals surface area contributed by atoms with Crippen LogP contribution in [0.2, 0.25) is 5.02 Å². The molecule has 0 spiro atoms. The first-order valence-electron chi connectivity index (χ1n) is 8.62. The maximum atomic E-state index is 6.08. The number of guanidine groups is 1. The van der Waals surface area contributed by atoms with Crippen molar-refractivity contribution >= 4 is 17.6 Å². The monoisotopic (exact) mass is 364 g/mol. The third kappa shape index (κ3) is 4.78. The molecule has 25 heavy (non-hydrogen) atoms. The number of aromatic nitrogens is 3. The average Bonchev–Trinajstić information content (AvgIpc) is 2.98. The van der Waals surface area contributed by atoms with Crippen LogP contribution in [0.25, 0.3) is 0 Å². The zero-order valence-electron chi connectivity index (χ0n) is 16.1. The summed E-state index contributed by atoms with van der Waals surface area (Å²) in [6.07, 6.45) is 2.81. The molecule has 1 N–H and O–H groups in total. The SMILES string of the molecule is CCNC(=NCCc1c(C)nn(C)c1C)N(C)Cc1cc(Cl)cn1C. The molecule has 2 aromatic rings. The number of rotatable bonds is 6. The second kappa shape index (κ2) is 8.43. The van der Waals surface area contributed by atoms with E-state index in [9.17, 15) is 0 Å². The van der Waals surface area contributed by atoms with Gasteiger partial charge in [0.05, 0.1) is 17.3 Å². The molecule has 0 saturated heterocycles. The molecule has 2 aromatic heterocycles. The van der Waals surface area contributed by atoms with Gasteiger partial charge in [0.25, 0.3) is 0 Å². The highest BCUT2D eigenvalue weighted by molar-refractivity contribution is 6.30. The molecule has 138 valence electrons. The van der Waals surface area contributed by atoms with E-state index in [1.807, 2.05) is 42.7 Å². The minimum absolute atomic E-state index is 0.730. The van der Waals surface area contributed by atoms with Crippen molar-refractivity contribution in [3.63, 3.8) is 0 Å². The zero-order valence-corrected chi connectivity index (χ0v) is 16.9. The van der Waals surface area contributed by atoms with Crippen LogP contribution in [0.5, 0.6) is 0 Å². The van der Waals surface area contributed by atoms with Crippen molar-refractivity contribution in [2.45, 2.75) is 33.7 Å². The normalized spacial score (nSPS) is 11.9. The Kier molecular flexibility index (Phi) is 6.53. The molecule has 0 aromatic carbocycles. The summed E-state index contributed by atoms with van der Waals surface area (Å²) < 4.78 is 3.98. The van der Waals surface area contributed by atoms with Gasteiger partial charge in [0.1, 0.15) is 0 Å². The Bertz CT molecular complexity index is 743. The van der Waals surface area contributed by atoms with E-state index in [4.69, 9.17) is 16.6 Å². The molecule has 2 heterocycles. The van der Waals surface area contributed by atoms with Gasteiger partial charge in [-0.15, -0.1) is 0 Å². The van der Waals surface area contributed by atoms with Crippen LogP contribution in [0.1, 0.15) is 29.6 Å². The van der Waals surface area contributed by atoms with Crippen LogP contribution in [-0.2, 0) is 27.1 Å². The number of nitrogens with one attached hydrogen (secondary N) is 1. The first kappa shape index (κ1) is 19.4. The van der Waals surface area contributed by atoms with Crippen LogP contribution in [0.4, 0.5) is 0 Å². The van der Waals surface area contributed by atoms with E-state index in [0.29, 0.717) is 0 Å². The summed E-state index contributed by atoms with van der Waals surface area (Å²) in [4.78, 5) is 6.91. The fourth-order valence-corrected chi connectivity index (χ4v) is 3.24. The van der Waals surface area contributed by atoms with E-state index in [-0.39, 0.29) is 0 Å². The van der Waals surface area contributed by atoms with Crippen LogP contribution in [0.3, 0.4) is 0 Å². The lowest BCUT2D eigenvalue weighted by atomic mass is 10.1. The third-order valence-electron chi connectivity index (χ3n) is 4.45. The molecule has 0 atom stereocenters. The summed E-state index contributed by atoms with van der Waals surface area (Å²) in [6.45, 7) is 8.56. The predicted molar refractivity (Wildman–Crippen MR) is 104 cm³/mol. The quantitative estimate of drug-likeness (QED) is 0.633. The Labute approximate surface area is 155 Å². The van der Waals surface area contributed by atoms with Gasteiger partial charge in [0.2, 0.25) is 0 Å². The van der Waals surface area contributed by atoms with Crippen molar-refractivity contribution in [1.29, 1.82) is 0 Å². The van der Waals surface area contributed by atoms with Crippen LogP contribution in [0.15, 0.2) is 17.3 Å². The Morgan fingerprint density at radius 2 is 2.08 bits per heavy atom. The van der Waals surface area contributed by atoms with Crippen molar-refractivity contribution in [2.24, 2.45) is 19.1 Å². The maximum Gasteiger partial charge on any atom is 0.194 e. The van der Waals surface area contributed by atoms with Gasteiger partial charge in [-0.3, -0.25) is 9.67 Å². The Hall–Kier alpha value is -1.95. The first-order valence-corrected chi connectivity index (χ1v) is 9.00. The molecule has 0 amide bonds. The minimum Gasteiger partial charge on any atom is -0.357 e. The number of aliphatic imine (C=N–C) groups is 1. The van der Waals surface area contributed by atoms with E-state index < -0.39 is 0 Å². The molecule has 6 nitrogen and oxygen atoms in total. The molecular formula is C18H29ClN6. The van der Waals surface area contributed by atoms with Gasteiger partial charge < -0.3 is 14.8 Å². The molecule has 7 heteroatoms. The Morgan fingerprint density at radius 1 is 1.36 bits per heavy atom. The molecule has 0 unspecified atom stereocenters. The lowest BCUT2D eigenvalue weighted by Gasteiger charge is -2.22. The molecule has 0 aliphatic rings. The third-order valence-corrected chi connectivity index (χ3v) is 4.66. The molecule has 2 rings (SSSR count). The number of halogens is 1. The summed E-state index contributed by atoms with van der Waals surface area (Å²) in [5.41, 5.74) is 4.74. The number of aryl methyl sites for hydroxylation is 3. The van der Waals surface area contributed by atoms with Crippen LogP contribution < -0.4 is 5.32 Å². The predicted octanol–water partition coefficient (Wildman–Crippen LogP) is 2.67. The van der Waals surface area contributed by atoms with E-state index in [1.54, 1.807) is 0 Å². The lowest BCUT2D eigenvalue weighted by molar-refractivity contribution is 0.462. The molecule has 0 aliphatic carbocycles. The molecule has 0 fully saturated rings. The van der Waals surface area contributed by atoms with E-state index >= 15 is 0 Å². The smallest absolute Gasteiger partial charge is 0.194 e. The minimum atomic E-state index is 0.730. The number of hydrogen-bond donors (Lipinski definition) is 1. The topological polar surface area (TPSA) is 50.4 Å². The summed E-state index contributed by atoms with van der Waals surface area (Å²) >= 11 is 6.08. The van der Waals surface area contributed by atoms with Gasteiger partial charge in [-0.05, 0) is 38.8 Å². The van der Waals surface area contributed by atoms with Crippen molar-refractivity contribution in [3.8, 4) is 0 Å². The highest BCUT2D eigenvalue weighted by Crippen LogP contribution is 2.15. The molecule has 0 radical (unpaired) electrons. The highest BCUT2D eigenvalue weighted by Gasteiger charge is 2.11. The second-order valence-electron chi connectivity index (χ2n) is 6.38. The summed E-state index contributed by atoms with van der Waals surface area (Å²) in [6, 6.07) is 1.99. The fourth-order valence-electron chi connectivity index (χ4n) is 2.96. The zero-order chi connectivity index (χ0) is 18.6. The van der Waals surface area contributed by atoms with Gasteiger partial charge in [-0.2, -0.15) is 5.10 Å². The summed E-state index contributed by atoms with van der Waals surface area (Å²) in [5, 5.41) is 8.60. The van der Waals surface area contributed by atoms with Crippen molar-refractivity contribution in [2.75, 3.05) is 20.1 Å². The highest BCUT2D eigenvalue weighted by atomic mass is 35.5. The number of hydrogen-bond acceptors (Lipinski definition) is 2. The Balaban J connectivity index is 2.05. The lowest BCUT2D eigenvalue weighted by Crippen LogP contribution is -2.39. The van der Waals surface area contributed by atoms with Gasteiger partial charge in [0.15, 0.2) is 5.96 Å². The summed E-state index contributed by atoms with van der Waals surface area (Å²) in [7, 11) is 6.04. The molecule has 0 saturated carbocycles. The summed E-state index contributed by atoms with van der Waals surface area (Å²) in [5.74, 6) is 0.902. The maximum absolute atomic E-state index is 6.08. The fraction of sp³-hybridized carbons (Fsp3) is 0.556. The molecule has 0 bridgehead atoms. The van der Waals surface area contributed by atoms with Crippen LogP contribution in [0, 0.1) is 13.8 Å². The standard InChI is InChI=1S/C18H29ClN6/c1-7-20-18(24(5)12-16-10-15(19)11-23(16)4)21-9-8-17-13(2)22-25(6)14(17)3/h10-11H,7-9,12H2,1-6H3,(H,20,21). The molecular weight excluding hydrogens is 336 g/mol. The largest absolute Gasteiger partial charge is 0.357 e. The average molecular weight is 365 g/mol. The number of nitrogens with zero attached hydrogens (tertiary/aromatic N) is 5. The van der Waals surface area contributed by atoms with Crippen molar-refractivity contribution in [3.05, 3.63) is 39.9 Å². The van der Waals surface area contributed by atoms with Crippen LogP contribution >= 0.6 is 11.6 Å². The molecule has 0 aliphatic heterocycles. The van der Waals surface area contributed by atoms with Gasteiger partial charge in [-0.25, -0.2) is 0 Å². The van der Waals surface area contributed by atoms with Crippen molar-refractivity contribution in [1.82, 2.24) is 24.6 Å². The van der Waals surface area contributed by atoms with Crippen LogP contribution in [-0.4, -0.2) is 45.3 Å². The van der Waals surface area contributed by atoms with Gasteiger partial charge in [-0.1, -0.05) is 11.6 Å². The van der Waals surface area contributed by atoms with E-state index in [2.05, 4.69) is 36.1 Å². The van der Waals surface area contributed by atoms with Gasteiger partial charge in [0, 0.05) is 51.8 Å². The van der Waals surface area contributed by atoms with E-state index in [0.717, 1.165) is 48.4 Å². The first-order chi connectivity index (χ1) is 11.8. The van der Waals surface area contributed by atoms with Crippen molar-refractivity contribution < 1.29 is 0 Å². The second-order valence-corrected chi connectivity index (χ2v) is 6.81.